The van der Waals surface area contributed by atoms with E-state index in [1.165, 1.54) is 19.3 Å². The summed E-state index contributed by atoms with van der Waals surface area (Å²) in [4.78, 5) is 13.3. The van der Waals surface area contributed by atoms with Gasteiger partial charge in [-0.1, -0.05) is 20.3 Å². The minimum atomic E-state index is -0.701. The topological polar surface area (TPSA) is 52.6 Å². The number of likely N-dealkylation sites (N-methyl/N-ethyl adjacent to an activating group) is 1. The number of hydrogen-bond donors (Lipinski definition) is 2. The Kier molecular flexibility index (Phi) is 5.92. The molecule has 0 aromatic heterocycles. The number of carboxylic acids is 1. The first-order chi connectivity index (χ1) is 8.06. The van der Waals surface area contributed by atoms with Crippen LogP contribution in [0, 0.1) is 5.92 Å². The first-order valence-electron chi connectivity index (χ1n) is 6.76. The van der Waals surface area contributed by atoms with Crippen molar-refractivity contribution in [3.8, 4) is 0 Å². The van der Waals surface area contributed by atoms with Crippen LogP contribution in [0.2, 0.25) is 0 Å². The molecule has 1 aliphatic rings. The van der Waals surface area contributed by atoms with Gasteiger partial charge in [0.25, 0.3) is 0 Å². The van der Waals surface area contributed by atoms with Crippen molar-refractivity contribution < 1.29 is 9.90 Å². The average molecular weight is 242 g/mol. The second-order valence-corrected chi connectivity index (χ2v) is 5.10. The molecule has 0 radical (unpaired) electrons. The first-order valence-corrected chi connectivity index (χ1v) is 6.76. The molecule has 3 atom stereocenters. The molecule has 0 aromatic carbocycles. The van der Waals surface area contributed by atoms with Gasteiger partial charge in [-0.25, -0.2) is 0 Å². The number of carbonyl (C=O) groups is 1. The van der Waals surface area contributed by atoms with E-state index in [2.05, 4.69) is 17.1 Å². The Morgan fingerprint density at radius 2 is 2.18 bits per heavy atom. The summed E-state index contributed by atoms with van der Waals surface area (Å²) in [7, 11) is 0. The molecule has 1 heterocycles. The van der Waals surface area contributed by atoms with Crippen molar-refractivity contribution in [2.24, 2.45) is 5.92 Å². The number of nitrogens with zero attached hydrogens (tertiary/aromatic N) is 1. The molecule has 0 amide bonds. The minimum absolute atomic E-state index is 0.0984. The fourth-order valence-electron chi connectivity index (χ4n) is 2.47. The van der Waals surface area contributed by atoms with E-state index in [9.17, 15) is 4.79 Å². The van der Waals surface area contributed by atoms with E-state index in [0.717, 1.165) is 19.6 Å². The highest BCUT2D eigenvalue weighted by atomic mass is 16.4. The SMILES string of the molecule is CCN(CC1CCCCN1)C(C)C(C)C(=O)O. The lowest BCUT2D eigenvalue weighted by Crippen LogP contribution is -2.49. The van der Waals surface area contributed by atoms with Gasteiger partial charge in [-0.15, -0.1) is 0 Å². The van der Waals surface area contributed by atoms with E-state index < -0.39 is 5.97 Å². The molecule has 100 valence electrons. The molecule has 0 saturated carbocycles. The van der Waals surface area contributed by atoms with Crippen molar-refractivity contribution in [2.45, 2.75) is 52.1 Å². The van der Waals surface area contributed by atoms with Crippen molar-refractivity contribution in [3.05, 3.63) is 0 Å². The van der Waals surface area contributed by atoms with Crippen LogP contribution in [0.1, 0.15) is 40.0 Å². The molecule has 17 heavy (non-hydrogen) atoms. The minimum Gasteiger partial charge on any atom is -0.481 e. The highest BCUT2D eigenvalue weighted by Crippen LogP contribution is 2.14. The zero-order valence-electron chi connectivity index (χ0n) is 11.3. The van der Waals surface area contributed by atoms with Crippen molar-refractivity contribution in [1.29, 1.82) is 0 Å². The van der Waals surface area contributed by atoms with Crippen LogP contribution in [-0.4, -0.2) is 47.7 Å². The molecule has 1 fully saturated rings. The van der Waals surface area contributed by atoms with E-state index in [0.29, 0.717) is 6.04 Å². The summed E-state index contributed by atoms with van der Waals surface area (Å²) in [5.41, 5.74) is 0. The van der Waals surface area contributed by atoms with Crippen LogP contribution in [0.4, 0.5) is 0 Å². The molecule has 1 saturated heterocycles. The number of nitrogens with one attached hydrogen (secondary N) is 1. The van der Waals surface area contributed by atoms with Gasteiger partial charge in [-0.2, -0.15) is 0 Å². The maximum Gasteiger partial charge on any atom is 0.307 e. The fourth-order valence-corrected chi connectivity index (χ4v) is 2.47. The molecule has 0 aliphatic carbocycles. The summed E-state index contributed by atoms with van der Waals surface area (Å²) in [5, 5.41) is 12.6. The van der Waals surface area contributed by atoms with Gasteiger partial charge in [0.05, 0.1) is 5.92 Å². The van der Waals surface area contributed by atoms with Crippen LogP contribution in [0.25, 0.3) is 0 Å². The lowest BCUT2D eigenvalue weighted by atomic mass is 9.99. The first kappa shape index (κ1) is 14.5. The second kappa shape index (κ2) is 6.97. The van der Waals surface area contributed by atoms with Crippen molar-refractivity contribution in [2.75, 3.05) is 19.6 Å². The molecule has 1 aliphatic heterocycles. The standard InChI is InChI=1S/C13H26N2O2/c1-4-15(11(3)10(2)13(16)17)9-12-7-5-6-8-14-12/h10-12,14H,4-9H2,1-3H3,(H,16,17). The summed E-state index contributed by atoms with van der Waals surface area (Å²) in [5.74, 6) is -1.01. The van der Waals surface area contributed by atoms with Gasteiger partial charge in [0.1, 0.15) is 0 Å². The van der Waals surface area contributed by atoms with Gasteiger partial charge < -0.3 is 10.4 Å². The zero-order chi connectivity index (χ0) is 12.8. The summed E-state index contributed by atoms with van der Waals surface area (Å²) in [6.45, 7) is 8.90. The average Bonchev–Trinajstić information content (AvgIpc) is 2.35. The lowest BCUT2D eigenvalue weighted by molar-refractivity contribution is -0.143. The Hall–Kier alpha value is -0.610. The van der Waals surface area contributed by atoms with Gasteiger partial charge in [0.2, 0.25) is 0 Å². The Morgan fingerprint density at radius 1 is 1.47 bits per heavy atom. The molecule has 0 aromatic rings. The van der Waals surface area contributed by atoms with E-state index in [4.69, 9.17) is 5.11 Å². The third-order valence-corrected chi connectivity index (χ3v) is 3.96. The highest BCUT2D eigenvalue weighted by Gasteiger charge is 2.26. The quantitative estimate of drug-likeness (QED) is 0.742. The van der Waals surface area contributed by atoms with E-state index in [1.54, 1.807) is 6.92 Å². The predicted molar refractivity (Wildman–Crippen MR) is 69.2 cm³/mol. The number of carboxylic acid groups (broad SMARTS) is 1. The number of hydrogen-bond acceptors (Lipinski definition) is 3. The zero-order valence-corrected chi connectivity index (χ0v) is 11.3. The molecule has 1 rings (SSSR count). The summed E-state index contributed by atoms with van der Waals surface area (Å²) in [6, 6.07) is 0.633. The Bertz CT molecular complexity index is 240. The lowest BCUT2D eigenvalue weighted by Gasteiger charge is -2.35. The van der Waals surface area contributed by atoms with Gasteiger partial charge in [0.15, 0.2) is 0 Å². The summed E-state index contributed by atoms with van der Waals surface area (Å²) >= 11 is 0. The maximum absolute atomic E-state index is 11.0. The van der Waals surface area contributed by atoms with E-state index in [-0.39, 0.29) is 12.0 Å². The number of piperidine rings is 1. The predicted octanol–water partition coefficient (Wildman–Crippen LogP) is 1.56. The number of rotatable bonds is 6. The van der Waals surface area contributed by atoms with Crippen LogP contribution in [0.5, 0.6) is 0 Å². The van der Waals surface area contributed by atoms with Crippen LogP contribution < -0.4 is 5.32 Å². The second-order valence-electron chi connectivity index (χ2n) is 5.10. The normalized spacial score (nSPS) is 24.6. The van der Waals surface area contributed by atoms with Gasteiger partial charge in [-0.3, -0.25) is 9.69 Å². The number of aliphatic carboxylic acids is 1. The van der Waals surface area contributed by atoms with Crippen LogP contribution >= 0.6 is 0 Å². The largest absolute Gasteiger partial charge is 0.481 e. The van der Waals surface area contributed by atoms with E-state index >= 15 is 0 Å². The van der Waals surface area contributed by atoms with Gasteiger partial charge >= 0.3 is 5.97 Å². The maximum atomic E-state index is 11.0. The molecule has 4 nitrogen and oxygen atoms in total. The van der Waals surface area contributed by atoms with E-state index in [1.807, 2.05) is 6.92 Å². The molecular formula is C13H26N2O2. The molecule has 0 bridgehead atoms. The third kappa shape index (κ3) is 4.28. The molecular weight excluding hydrogens is 216 g/mol. The molecule has 3 unspecified atom stereocenters. The van der Waals surface area contributed by atoms with Crippen molar-refractivity contribution in [3.63, 3.8) is 0 Å². The molecule has 0 spiro atoms. The fraction of sp³-hybridized carbons (Fsp3) is 0.923. The Labute approximate surface area is 104 Å². The van der Waals surface area contributed by atoms with Crippen LogP contribution in [0.15, 0.2) is 0 Å². The van der Waals surface area contributed by atoms with Crippen LogP contribution in [0.3, 0.4) is 0 Å². The molecule has 2 N–H and O–H groups in total. The third-order valence-electron chi connectivity index (χ3n) is 3.96. The summed E-state index contributed by atoms with van der Waals surface area (Å²) < 4.78 is 0. The highest BCUT2D eigenvalue weighted by molar-refractivity contribution is 5.70. The van der Waals surface area contributed by atoms with Crippen LogP contribution in [-0.2, 0) is 4.79 Å². The Balaban J connectivity index is 2.48. The van der Waals surface area contributed by atoms with Crippen molar-refractivity contribution in [1.82, 2.24) is 10.2 Å². The van der Waals surface area contributed by atoms with Crippen molar-refractivity contribution >= 4 is 5.97 Å². The smallest absolute Gasteiger partial charge is 0.307 e. The monoisotopic (exact) mass is 242 g/mol. The molecule has 4 heteroatoms. The van der Waals surface area contributed by atoms with Gasteiger partial charge in [-0.05, 0) is 32.9 Å². The summed E-state index contributed by atoms with van der Waals surface area (Å²) in [6.07, 6.45) is 3.77. The van der Waals surface area contributed by atoms with Gasteiger partial charge in [0, 0.05) is 18.6 Å². The Morgan fingerprint density at radius 3 is 2.65 bits per heavy atom.